The molecule has 0 atom stereocenters. The molecule has 0 aliphatic heterocycles. The van der Waals surface area contributed by atoms with Crippen molar-refractivity contribution >= 4 is 17.3 Å². The molecule has 1 aromatic carbocycles. The van der Waals surface area contributed by atoms with Gasteiger partial charge < -0.3 is 9.67 Å². The maximum Gasteiger partial charge on any atom is 0.337 e. The Bertz CT molecular complexity index is 783. The van der Waals surface area contributed by atoms with Crippen molar-refractivity contribution in [2.45, 2.75) is 13.8 Å². The number of aromatic nitrogens is 1. The fourth-order valence-electron chi connectivity index (χ4n) is 2.46. The molecule has 0 saturated heterocycles. The molecular formula is C17H15NO2S. The first kappa shape index (κ1) is 13.6. The Kier molecular flexibility index (Phi) is 3.39. The lowest BCUT2D eigenvalue weighted by Gasteiger charge is -2.11. The number of hydrogen-bond acceptors (Lipinski definition) is 2. The second-order valence-electron chi connectivity index (χ2n) is 4.98. The summed E-state index contributed by atoms with van der Waals surface area (Å²) in [6.07, 6.45) is 0. The minimum atomic E-state index is -0.892. The Morgan fingerprint density at radius 1 is 1.14 bits per heavy atom. The first-order valence-electron chi connectivity index (χ1n) is 6.64. The average Bonchev–Trinajstić information content (AvgIpc) is 3.07. The van der Waals surface area contributed by atoms with Crippen LogP contribution in [0.2, 0.25) is 0 Å². The zero-order valence-electron chi connectivity index (χ0n) is 11.8. The van der Waals surface area contributed by atoms with Crippen molar-refractivity contribution in [1.82, 2.24) is 4.57 Å². The van der Waals surface area contributed by atoms with E-state index in [2.05, 4.69) is 0 Å². The highest BCUT2D eigenvalue weighted by Crippen LogP contribution is 2.32. The van der Waals surface area contributed by atoms with E-state index in [9.17, 15) is 9.90 Å². The maximum atomic E-state index is 11.4. The van der Waals surface area contributed by atoms with E-state index >= 15 is 0 Å². The molecule has 0 radical (unpaired) electrons. The molecule has 3 nitrogen and oxygen atoms in total. The lowest BCUT2D eigenvalue weighted by molar-refractivity contribution is 0.0696. The number of nitrogens with zero attached hydrogens (tertiary/aromatic N) is 1. The summed E-state index contributed by atoms with van der Waals surface area (Å²) in [5.41, 5.74) is 4.17. The summed E-state index contributed by atoms with van der Waals surface area (Å²) in [7, 11) is 0. The third-order valence-electron chi connectivity index (χ3n) is 3.54. The van der Waals surface area contributed by atoms with Crippen molar-refractivity contribution in [2.24, 2.45) is 0 Å². The summed E-state index contributed by atoms with van der Waals surface area (Å²) < 4.78 is 2.01. The van der Waals surface area contributed by atoms with Gasteiger partial charge in [-0.3, -0.25) is 0 Å². The van der Waals surface area contributed by atoms with Gasteiger partial charge in [0.15, 0.2) is 0 Å². The zero-order valence-corrected chi connectivity index (χ0v) is 12.6. The van der Waals surface area contributed by atoms with Crippen LogP contribution in [-0.4, -0.2) is 15.6 Å². The van der Waals surface area contributed by atoms with Crippen LogP contribution in [0.1, 0.15) is 21.6 Å². The average molecular weight is 297 g/mol. The number of benzene rings is 1. The Morgan fingerprint density at radius 3 is 2.43 bits per heavy atom. The highest BCUT2D eigenvalue weighted by atomic mass is 32.1. The molecule has 106 valence electrons. The summed E-state index contributed by atoms with van der Waals surface area (Å²) >= 11 is 1.61. The number of carboxylic acid groups (broad SMARTS) is 1. The van der Waals surface area contributed by atoms with Crippen LogP contribution in [0.4, 0.5) is 0 Å². The predicted molar refractivity (Wildman–Crippen MR) is 85.5 cm³/mol. The van der Waals surface area contributed by atoms with Crippen LogP contribution in [0.15, 0.2) is 47.8 Å². The highest BCUT2D eigenvalue weighted by molar-refractivity contribution is 7.13. The summed E-state index contributed by atoms with van der Waals surface area (Å²) in [6.45, 7) is 3.88. The van der Waals surface area contributed by atoms with Crippen LogP contribution in [0.3, 0.4) is 0 Å². The summed E-state index contributed by atoms with van der Waals surface area (Å²) in [6, 6.07) is 13.8. The predicted octanol–water partition coefficient (Wildman–Crippen LogP) is 4.52. The Morgan fingerprint density at radius 2 is 1.86 bits per heavy atom. The van der Waals surface area contributed by atoms with Gasteiger partial charge in [0.25, 0.3) is 0 Å². The molecule has 0 unspecified atom stereocenters. The molecule has 0 amide bonds. The lowest BCUT2D eigenvalue weighted by atomic mass is 10.2. The quantitative estimate of drug-likeness (QED) is 0.772. The van der Waals surface area contributed by atoms with Gasteiger partial charge in [0.05, 0.1) is 16.1 Å². The van der Waals surface area contributed by atoms with E-state index in [1.165, 1.54) is 5.56 Å². The van der Waals surface area contributed by atoms with E-state index in [1.807, 2.05) is 60.2 Å². The maximum absolute atomic E-state index is 11.4. The van der Waals surface area contributed by atoms with Gasteiger partial charge in [-0.15, -0.1) is 11.3 Å². The first-order valence-corrected chi connectivity index (χ1v) is 7.52. The van der Waals surface area contributed by atoms with E-state index in [0.717, 1.165) is 22.0 Å². The molecule has 0 aliphatic rings. The molecule has 0 aliphatic carbocycles. The van der Waals surface area contributed by atoms with Gasteiger partial charge in [-0.1, -0.05) is 23.8 Å². The van der Waals surface area contributed by atoms with E-state index in [-0.39, 0.29) is 0 Å². The smallest absolute Gasteiger partial charge is 0.337 e. The molecule has 2 aromatic heterocycles. The number of hydrogen-bond donors (Lipinski definition) is 1. The summed E-state index contributed by atoms with van der Waals surface area (Å²) in [4.78, 5) is 12.5. The molecule has 1 N–H and O–H groups in total. The molecule has 0 fully saturated rings. The van der Waals surface area contributed by atoms with Crippen molar-refractivity contribution in [3.63, 3.8) is 0 Å². The number of aryl methyl sites for hydroxylation is 1. The molecular weight excluding hydrogens is 282 g/mol. The molecule has 21 heavy (non-hydrogen) atoms. The van der Waals surface area contributed by atoms with E-state index in [4.69, 9.17) is 0 Å². The van der Waals surface area contributed by atoms with Gasteiger partial charge in [0.1, 0.15) is 0 Å². The molecule has 2 heterocycles. The fourth-order valence-corrected chi connectivity index (χ4v) is 3.19. The van der Waals surface area contributed by atoms with Crippen LogP contribution in [0, 0.1) is 13.8 Å². The van der Waals surface area contributed by atoms with Crippen molar-refractivity contribution in [1.29, 1.82) is 0 Å². The minimum absolute atomic E-state index is 0.346. The molecule has 0 spiro atoms. The van der Waals surface area contributed by atoms with Crippen LogP contribution in [0.5, 0.6) is 0 Å². The Balaban J connectivity index is 2.26. The number of thiophene rings is 1. The SMILES string of the molecule is Cc1ccc(-n2c(-c3cccs3)cc(C(=O)O)c2C)cc1. The molecule has 4 heteroatoms. The molecule has 3 rings (SSSR count). The number of rotatable bonds is 3. The van der Waals surface area contributed by atoms with Crippen molar-refractivity contribution in [3.8, 4) is 16.3 Å². The second-order valence-corrected chi connectivity index (χ2v) is 5.93. The van der Waals surface area contributed by atoms with Crippen molar-refractivity contribution in [3.05, 3.63) is 64.7 Å². The van der Waals surface area contributed by atoms with E-state index < -0.39 is 5.97 Å². The van der Waals surface area contributed by atoms with E-state index in [1.54, 1.807) is 17.4 Å². The van der Waals surface area contributed by atoms with Gasteiger partial charge >= 0.3 is 5.97 Å². The molecule has 3 aromatic rings. The third kappa shape index (κ3) is 2.38. The van der Waals surface area contributed by atoms with E-state index in [0.29, 0.717) is 5.56 Å². The van der Waals surface area contributed by atoms with Crippen LogP contribution >= 0.6 is 11.3 Å². The number of aromatic carboxylic acids is 1. The van der Waals surface area contributed by atoms with Crippen molar-refractivity contribution < 1.29 is 9.90 Å². The van der Waals surface area contributed by atoms with Gasteiger partial charge in [-0.25, -0.2) is 4.79 Å². The van der Waals surface area contributed by atoms with Gasteiger partial charge in [0.2, 0.25) is 0 Å². The zero-order chi connectivity index (χ0) is 15.0. The summed E-state index contributed by atoms with van der Waals surface area (Å²) in [5, 5.41) is 11.4. The first-order chi connectivity index (χ1) is 10.1. The summed E-state index contributed by atoms with van der Waals surface area (Å²) in [5.74, 6) is -0.892. The standard InChI is InChI=1S/C17H15NO2S/c1-11-5-7-13(8-6-11)18-12(2)14(17(19)20)10-15(18)16-4-3-9-21-16/h3-10H,1-2H3,(H,19,20). The Hall–Kier alpha value is -2.33. The van der Waals surface area contributed by atoms with Crippen LogP contribution in [-0.2, 0) is 0 Å². The van der Waals surface area contributed by atoms with Crippen LogP contribution in [0.25, 0.3) is 16.3 Å². The fraction of sp³-hybridized carbons (Fsp3) is 0.118. The Labute approximate surface area is 127 Å². The van der Waals surface area contributed by atoms with Gasteiger partial charge in [-0.2, -0.15) is 0 Å². The normalized spacial score (nSPS) is 10.8. The lowest BCUT2D eigenvalue weighted by Crippen LogP contribution is -2.02. The molecule has 0 bridgehead atoms. The topological polar surface area (TPSA) is 42.2 Å². The van der Waals surface area contributed by atoms with Gasteiger partial charge in [0, 0.05) is 11.4 Å². The van der Waals surface area contributed by atoms with Crippen LogP contribution < -0.4 is 0 Å². The second kappa shape index (κ2) is 5.22. The monoisotopic (exact) mass is 297 g/mol. The number of carbonyl (C=O) groups is 1. The molecule has 0 saturated carbocycles. The van der Waals surface area contributed by atoms with Crippen molar-refractivity contribution in [2.75, 3.05) is 0 Å². The largest absolute Gasteiger partial charge is 0.478 e. The minimum Gasteiger partial charge on any atom is -0.478 e. The highest BCUT2D eigenvalue weighted by Gasteiger charge is 2.19. The number of carboxylic acids is 1. The van der Waals surface area contributed by atoms with Gasteiger partial charge in [-0.05, 0) is 43.5 Å². The third-order valence-corrected chi connectivity index (χ3v) is 4.44.